The average molecular weight is 586 g/mol. The summed E-state index contributed by atoms with van der Waals surface area (Å²) in [4.78, 5) is 89.8. The van der Waals surface area contributed by atoms with Gasteiger partial charge in [-0.2, -0.15) is 0 Å². The summed E-state index contributed by atoms with van der Waals surface area (Å²) in [6.45, 7) is 4.58. The molecule has 2 bridgehead atoms. The molecular formula is C28H39N7O7. The van der Waals surface area contributed by atoms with Crippen molar-refractivity contribution in [1.82, 2.24) is 31.5 Å². The number of carbonyl (C=O) groups is 7. The number of nitrogens with one attached hydrogen (secondary N) is 5. The van der Waals surface area contributed by atoms with Crippen molar-refractivity contribution in [3.05, 3.63) is 35.9 Å². The molecule has 7 N–H and O–H groups in total. The zero-order chi connectivity index (χ0) is 31.0. The van der Waals surface area contributed by atoms with Gasteiger partial charge in [-0.25, -0.2) is 4.79 Å². The molecule has 2 aliphatic rings. The zero-order valence-corrected chi connectivity index (χ0v) is 24.0. The minimum absolute atomic E-state index is 0.0917. The van der Waals surface area contributed by atoms with Gasteiger partial charge in [0.2, 0.25) is 29.5 Å². The van der Waals surface area contributed by atoms with Crippen molar-refractivity contribution in [2.24, 2.45) is 11.7 Å². The third-order valence-corrected chi connectivity index (χ3v) is 7.44. The largest absolute Gasteiger partial charge is 0.368 e. The lowest BCUT2D eigenvalue weighted by Crippen LogP contribution is -2.60. The fourth-order valence-corrected chi connectivity index (χ4v) is 5.01. The Labute approximate surface area is 243 Å². The normalized spacial score (nSPS) is 23.6. The lowest BCUT2D eigenvalue weighted by atomic mass is 9.92. The third kappa shape index (κ3) is 8.04. The van der Waals surface area contributed by atoms with E-state index in [2.05, 4.69) is 26.6 Å². The number of nitrogens with zero attached hydrogens (tertiary/aromatic N) is 1. The Morgan fingerprint density at radius 3 is 2.31 bits per heavy atom. The summed E-state index contributed by atoms with van der Waals surface area (Å²) in [6.07, 6.45) is 1.51. The number of amides is 8. The van der Waals surface area contributed by atoms with Crippen LogP contribution in [0.1, 0.15) is 52.0 Å². The molecule has 0 spiro atoms. The molecule has 14 nitrogen and oxygen atoms in total. The second-order valence-corrected chi connectivity index (χ2v) is 10.7. The molecule has 0 radical (unpaired) electrons. The molecule has 2 saturated heterocycles. The van der Waals surface area contributed by atoms with Gasteiger partial charge in [0.15, 0.2) is 0 Å². The Morgan fingerprint density at radius 1 is 0.976 bits per heavy atom. The van der Waals surface area contributed by atoms with Crippen molar-refractivity contribution >= 4 is 41.5 Å². The van der Waals surface area contributed by atoms with E-state index >= 15 is 0 Å². The van der Waals surface area contributed by atoms with E-state index < -0.39 is 77.6 Å². The maximum absolute atomic E-state index is 13.7. The van der Waals surface area contributed by atoms with Crippen molar-refractivity contribution < 1.29 is 33.6 Å². The lowest BCUT2D eigenvalue weighted by Gasteiger charge is -2.31. The molecule has 1 aromatic carbocycles. The second-order valence-electron chi connectivity index (χ2n) is 10.7. The SMILES string of the molecule is CCC[C@H](NC(=O)[C@@H](Cc1ccccc1)NC(=O)C1NC(=O)[C@@H](C)N2C(=O)N[C@@H](CCC1C)C2=O)C(=O)NCC(N)=O. The molecule has 2 fully saturated rings. The van der Waals surface area contributed by atoms with Crippen molar-refractivity contribution in [2.75, 3.05) is 6.54 Å². The molecule has 8 amide bonds. The van der Waals surface area contributed by atoms with Crippen LogP contribution in [0.5, 0.6) is 0 Å². The maximum Gasteiger partial charge on any atom is 0.325 e. The average Bonchev–Trinajstić information content (AvgIpc) is 3.23. The highest BCUT2D eigenvalue weighted by molar-refractivity contribution is 6.07. The van der Waals surface area contributed by atoms with Gasteiger partial charge in [-0.1, -0.05) is 50.6 Å². The highest BCUT2D eigenvalue weighted by Crippen LogP contribution is 2.21. The number of hydrogen-bond donors (Lipinski definition) is 6. The predicted molar refractivity (Wildman–Crippen MR) is 150 cm³/mol. The van der Waals surface area contributed by atoms with Crippen LogP contribution in [0.25, 0.3) is 0 Å². The molecular weight excluding hydrogens is 546 g/mol. The van der Waals surface area contributed by atoms with E-state index in [1.807, 2.05) is 13.0 Å². The number of rotatable bonds is 11. The summed E-state index contributed by atoms with van der Waals surface area (Å²) in [5.41, 5.74) is 5.86. The first-order chi connectivity index (χ1) is 19.9. The number of hydrogen-bond acceptors (Lipinski definition) is 7. The minimum Gasteiger partial charge on any atom is -0.368 e. The van der Waals surface area contributed by atoms with E-state index in [0.29, 0.717) is 12.8 Å². The number of urea groups is 1. The third-order valence-electron chi connectivity index (χ3n) is 7.44. The van der Waals surface area contributed by atoms with E-state index in [-0.39, 0.29) is 25.8 Å². The summed E-state index contributed by atoms with van der Waals surface area (Å²) >= 11 is 0. The first kappa shape index (κ1) is 32.0. The monoisotopic (exact) mass is 585 g/mol. The van der Waals surface area contributed by atoms with Gasteiger partial charge in [0.1, 0.15) is 30.2 Å². The molecule has 1 aromatic rings. The highest BCUT2D eigenvalue weighted by Gasteiger charge is 2.45. The van der Waals surface area contributed by atoms with Gasteiger partial charge in [-0.3, -0.25) is 33.7 Å². The van der Waals surface area contributed by atoms with Crippen LogP contribution in [0, 0.1) is 5.92 Å². The number of primary amides is 1. The van der Waals surface area contributed by atoms with Gasteiger partial charge in [-0.05, 0) is 37.7 Å². The Kier molecular flexibility index (Phi) is 11.0. The van der Waals surface area contributed by atoms with E-state index in [1.54, 1.807) is 31.2 Å². The van der Waals surface area contributed by atoms with Gasteiger partial charge in [0.05, 0.1) is 6.54 Å². The summed E-state index contributed by atoms with van der Waals surface area (Å²) < 4.78 is 0. The van der Waals surface area contributed by atoms with Gasteiger partial charge in [0.25, 0.3) is 5.91 Å². The molecule has 42 heavy (non-hydrogen) atoms. The molecule has 0 aromatic heterocycles. The van der Waals surface area contributed by atoms with Crippen LogP contribution in [0.15, 0.2) is 30.3 Å². The lowest BCUT2D eigenvalue weighted by molar-refractivity contribution is -0.138. The summed E-state index contributed by atoms with van der Waals surface area (Å²) in [6, 6.07) is 3.19. The van der Waals surface area contributed by atoms with E-state index in [0.717, 1.165) is 10.5 Å². The van der Waals surface area contributed by atoms with Crippen LogP contribution < -0.4 is 32.3 Å². The van der Waals surface area contributed by atoms with Crippen molar-refractivity contribution in [3.63, 3.8) is 0 Å². The summed E-state index contributed by atoms with van der Waals surface area (Å²) in [7, 11) is 0. The fourth-order valence-electron chi connectivity index (χ4n) is 5.01. The quantitative estimate of drug-likeness (QED) is 0.175. The second kappa shape index (κ2) is 14.4. The summed E-state index contributed by atoms with van der Waals surface area (Å²) in [5.74, 6) is -4.20. The standard InChI is InChI=1S/C28H39N7O7/c1-4-8-18(24(38)30-14-21(29)36)31-25(39)20(13-17-9-6-5-7-10-17)32-26(40)22-15(2)11-12-19-27(41)35(28(42)33-19)16(3)23(37)34-22/h5-7,9-10,15-16,18-20,22H,4,8,11-14H2,1-3H3,(H2,29,36)(H,30,38)(H,31,39)(H,32,40)(H,33,42)(H,34,37)/t15?,16-,18+,19+,20-,22?/m1/s1. The number of nitrogens with two attached hydrogens (primary N) is 1. The molecule has 0 aliphatic carbocycles. The summed E-state index contributed by atoms with van der Waals surface area (Å²) in [5, 5.41) is 13.1. The topological polar surface area (TPSA) is 209 Å². The molecule has 228 valence electrons. The number of fused-ring (bicyclic) bond motifs is 2. The molecule has 14 heteroatoms. The van der Waals surface area contributed by atoms with E-state index in [1.165, 1.54) is 6.92 Å². The van der Waals surface area contributed by atoms with Crippen LogP contribution >= 0.6 is 0 Å². The Hall–Kier alpha value is -4.49. The Morgan fingerprint density at radius 2 is 1.67 bits per heavy atom. The maximum atomic E-state index is 13.7. The van der Waals surface area contributed by atoms with E-state index in [4.69, 9.17) is 5.73 Å². The van der Waals surface area contributed by atoms with Crippen LogP contribution in [-0.4, -0.2) is 83.1 Å². The molecule has 2 unspecified atom stereocenters. The van der Waals surface area contributed by atoms with Gasteiger partial charge >= 0.3 is 6.03 Å². The smallest absolute Gasteiger partial charge is 0.325 e. The van der Waals surface area contributed by atoms with Crippen molar-refractivity contribution in [1.29, 1.82) is 0 Å². The zero-order valence-electron chi connectivity index (χ0n) is 24.0. The van der Waals surface area contributed by atoms with Gasteiger partial charge in [-0.15, -0.1) is 0 Å². The first-order valence-corrected chi connectivity index (χ1v) is 14.1. The van der Waals surface area contributed by atoms with Crippen LogP contribution in [0.3, 0.4) is 0 Å². The molecule has 3 rings (SSSR count). The van der Waals surface area contributed by atoms with Crippen LogP contribution in [0.4, 0.5) is 4.79 Å². The Bertz CT molecular complexity index is 1210. The van der Waals surface area contributed by atoms with Crippen molar-refractivity contribution in [3.8, 4) is 0 Å². The minimum atomic E-state index is -1.15. The Balaban J connectivity index is 1.82. The van der Waals surface area contributed by atoms with Crippen LogP contribution in [0.2, 0.25) is 0 Å². The molecule has 2 aliphatic heterocycles. The predicted octanol–water partition coefficient (Wildman–Crippen LogP) is -1.18. The van der Waals surface area contributed by atoms with Crippen molar-refractivity contribution in [2.45, 2.75) is 83.1 Å². The van der Waals surface area contributed by atoms with Crippen LogP contribution in [-0.2, 0) is 35.2 Å². The first-order valence-electron chi connectivity index (χ1n) is 14.1. The number of imide groups is 1. The highest BCUT2D eigenvalue weighted by atomic mass is 16.2. The van der Waals surface area contributed by atoms with Gasteiger partial charge in [0, 0.05) is 6.42 Å². The van der Waals surface area contributed by atoms with E-state index in [9.17, 15) is 33.6 Å². The number of benzene rings is 1. The molecule has 2 heterocycles. The molecule has 0 saturated carbocycles. The van der Waals surface area contributed by atoms with Gasteiger partial charge < -0.3 is 32.3 Å². The fraction of sp³-hybridized carbons (Fsp3) is 0.536. The number of carbonyl (C=O) groups excluding carboxylic acids is 7. The molecule has 6 atom stereocenters.